The summed E-state index contributed by atoms with van der Waals surface area (Å²) in [5.41, 5.74) is 4.77. The molecule has 0 radical (unpaired) electrons. The fourth-order valence-corrected chi connectivity index (χ4v) is 2.20. The van der Waals surface area contributed by atoms with Crippen molar-refractivity contribution in [2.45, 2.75) is 11.8 Å². The van der Waals surface area contributed by atoms with Crippen LogP contribution < -0.4 is 15.8 Å². The maximum absolute atomic E-state index is 13.1. The van der Waals surface area contributed by atoms with Gasteiger partial charge in [0.25, 0.3) is 10.0 Å². The zero-order valence-corrected chi connectivity index (χ0v) is 9.84. The van der Waals surface area contributed by atoms with E-state index in [9.17, 15) is 17.6 Å². The van der Waals surface area contributed by atoms with Gasteiger partial charge in [-0.3, -0.25) is 0 Å². The minimum atomic E-state index is -4.16. The van der Waals surface area contributed by atoms with E-state index in [0.717, 1.165) is 12.1 Å². The minimum absolute atomic E-state index is 0.264. The standard InChI is InChI=1S/C9H12FN3O3S/c1-2-12-9(14)13-17(15,16)7-5-3-4-6(10)8(7)11/h3-5H,2,11H2,1H3,(H2,12,13,14). The Morgan fingerprint density at radius 1 is 1.47 bits per heavy atom. The van der Waals surface area contributed by atoms with E-state index in [0.29, 0.717) is 0 Å². The van der Waals surface area contributed by atoms with Crippen LogP contribution in [0, 0.1) is 5.82 Å². The molecule has 17 heavy (non-hydrogen) atoms. The van der Waals surface area contributed by atoms with Gasteiger partial charge in [-0.1, -0.05) is 6.07 Å². The van der Waals surface area contributed by atoms with Gasteiger partial charge in [-0.2, -0.15) is 0 Å². The first-order valence-electron chi connectivity index (χ1n) is 4.73. The molecule has 0 atom stereocenters. The van der Waals surface area contributed by atoms with E-state index in [2.05, 4.69) is 5.32 Å². The number of carbonyl (C=O) groups is 1. The molecule has 0 spiro atoms. The predicted octanol–water partition coefficient (Wildman–Crippen LogP) is 0.416. The van der Waals surface area contributed by atoms with E-state index in [1.54, 1.807) is 11.6 Å². The molecule has 1 aromatic carbocycles. The lowest BCUT2D eigenvalue weighted by atomic mass is 10.3. The van der Waals surface area contributed by atoms with Crippen molar-refractivity contribution in [2.75, 3.05) is 12.3 Å². The van der Waals surface area contributed by atoms with Gasteiger partial charge in [0.2, 0.25) is 0 Å². The second-order valence-electron chi connectivity index (χ2n) is 3.12. The van der Waals surface area contributed by atoms with Crippen LogP contribution in [-0.2, 0) is 10.0 Å². The molecule has 0 unspecified atom stereocenters. The number of benzene rings is 1. The molecular formula is C9H12FN3O3S. The molecule has 2 amide bonds. The maximum atomic E-state index is 13.1. The summed E-state index contributed by atoms with van der Waals surface area (Å²) in [4.78, 5) is 10.6. The summed E-state index contributed by atoms with van der Waals surface area (Å²) in [6, 6.07) is 2.44. The molecule has 94 valence electrons. The second kappa shape index (κ2) is 5.00. The number of urea groups is 1. The van der Waals surface area contributed by atoms with Crippen molar-refractivity contribution in [3.8, 4) is 0 Å². The summed E-state index contributed by atoms with van der Waals surface area (Å²) in [6.45, 7) is 1.89. The third kappa shape index (κ3) is 3.06. The highest BCUT2D eigenvalue weighted by Gasteiger charge is 2.21. The fourth-order valence-electron chi connectivity index (χ4n) is 1.13. The van der Waals surface area contributed by atoms with E-state index < -0.39 is 32.5 Å². The summed E-state index contributed by atoms with van der Waals surface area (Å²) in [5.74, 6) is -0.858. The maximum Gasteiger partial charge on any atom is 0.328 e. The molecule has 0 aliphatic heterocycles. The van der Waals surface area contributed by atoms with Crippen molar-refractivity contribution in [1.29, 1.82) is 0 Å². The Bertz CT molecular complexity index is 530. The molecule has 6 nitrogen and oxygen atoms in total. The molecule has 0 aromatic heterocycles. The molecular weight excluding hydrogens is 249 g/mol. The molecule has 0 fully saturated rings. The molecule has 8 heteroatoms. The number of amides is 2. The molecule has 4 N–H and O–H groups in total. The Labute approximate surface area is 98.1 Å². The number of sulfonamides is 1. The van der Waals surface area contributed by atoms with Crippen molar-refractivity contribution < 1.29 is 17.6 Å². The van der Waals surface area contributed by atoms with Gasteiger partial charge in [-0.25, -0.2) is 22.3 Å². The van der Waals surface area contributed by atoms with Gasteiger partial charge in [-0.15, -0.1) is 0 Å². The number of nitrogens with one attached hydrogen (secondary N) is 2. The van der Waals surface area contributed by atoms with E-state index in [-0.39, 0.29) is 6.54 Å². The normalized spacial score (nSPS) is 10.9. The van der Waals surface area contributed by atoms with E-state index in [1.807, 2.05) is 0 Å². The number of hydrogen-bond donors (Lipinski definition) is 3. The third-order valence-corrected chi connectivity index (χ3v) is 3.26. The van der Waals surface area contributed by atoms with Crippen molar-refractivity contribution in [3.05, 3.63) is 24.0 Å². The highest BCUT2D eigenvalue weighted by Crippen LogP contribution is 2.20. The van der Waals surface area contributed by atoms with Gasteiger partial charge >= 0.3 is 6.03 Å². The number of para-hydroxylation sites is 1. The van der Waals surface area contributed by atoms with E-state index in [1.165, 1.54) is 6.07 Å². The number of rotatable bonds is 3. The van der Waals surface area contributed by atoms with Crippen LogP contribution in [0.5, 0.6) is 0 Å². The number of carbonyl (C=O) groups excluding carboxylic acids is 1. The lowest BCUT2D eigenvalue weighted by Gasteiger charge is -2.09. The van der Waals surface area contributed by atoms with Gasteiger partial charge in [0, 0.05) is 6.54 Å². The van der Waals surface area contributed by atoms with Crippen LogP contribution in [0.25, 0.3) is 0 Å². The minimum Gasteiger partial charge on any atom is -0.395 e. The molecule has 0 bridgehead atoms. The van der Waals surface area contributed by atoms with Crippen LogP contribution in [-0.4, -0.2) is 21.0 Å². The fraction of sp³-hybridized carbons (Fsp3) is 0.222. The third-order valence-electron chi connectivity index (χ3n) is 1.87. The molecule has 0 saturated heterocycles. The summed E-state index contributed by atoms with van der Waals surface area (Å²) in [6.07, 6.45) is 0. The first-order chi connectivity index (χ1) is 7.88. The lowest BCUT2D eigenvalue weighted by molar-refractivity contribution is 0.246. The summed E-state index contributed by atoms with van der Waals surface area (Å²) >= 11 is 0. The summed E-state index contributed by atoms with van der Waals surface area (Å²) in [5, 5.41) is 2.24. The lowest BCUT2D eigenvalue weighted by Crippen LogP contribution is -2.39. The summed E-state index contributed by atoms with van der Waals surface area (Å²) < 4.78 is 38.1. The van der Waals surface area contributed by atoms with Crippen LogP contribution >= 0.6 is 0 Å². The Morgan fingerprint density at radius 2 is 2.12 bits per heavy atom. The molecule has 0 saturated carbocycles. The Balaban J connectivity index is 3.06. The molecule has 0 heterocycles. The van der Waals surface area contributed by atoms with Crippen LogP contribution in [0.2, 0.25) is 0 Å². The largest absolute Gasteiger partial charge is 0.395 e. The predicted molar refractivity (Wildman–Crippen MR) is 60.2 cm³/mol. The van der Waals surface area contributed by atoms with Crippen LogP contribution in [0.4, 0.5) is 14.9 Å². The number of nitrogen functional groups attached to an aromatic ring is 1. The van der Waals surface area contributed by atoms with Crippen LogP contribution in [0.15, 0.2) is 23.1 Å². The van der Waals surface area contributed by atoms with Crippen molar-refractivity contribution in [3.63, 3.8) is 0 Å². The van der Waals surface area contributed by atoms with Crippen molar-refractivity contribution in [1.82, 2.24) is 10.0 Å². The SMILES string of the molecule is CCNC(=O)NS(=O)(=O)c1cccc(F)c1N. The van der Waals surface area contributed by atoms with Gasteiger partial charge in [0.05, 0.1) is 5.69 Å². The number of nitrogens with two attached hydrogens (primary N) is 1. The monoisotopic (exact) mass is 261 g/mol. The second-order valence-corrected chi connectivity index (χ2v) is 4.77. The number of halogens is 1. The quantitative estimate of drug-likeness (QED) is 0.686. The smallest absolute Gasteiger partial charge is 0.328 e. The van der Waals surface area contributed by atoms with Crippen molar-refractivity contribution in [2.24, 2.45) is 0 Å². The highest BCUT2D eigenvalue weighted by molar-refractivity contribution is 7.90. The Morgan fingerprint density at radius 3 is 2.71 bits per heavy atom. The first kappa shape index (κ1) is 13.2. The van der Waals surface area contributed by atoms with Crippen LogP contribution in [0.1, 0.15) is 6.92 Å². The highest BCUT2D eigenvalue weighted by atomic mass is 32.2. The molecule has 1 aromatic rings. The molecule has 1 rings (SSSR count). The first-order valence-corrected chi connectivity index (χ1v) is 6.21. The van der Waals surface area contributed by atoms with Gasteiger partial charge in [-0.05, 0) is 19.1 Å². The Kier molecular flexibility index (Phi) is 3.89. The van der Waals surface area contributed by atoms with Gasteiger partial charge in [0.1, 0.15) is 10.7 Å². The van der Waals surface area contributed by atoms with E-state index in [4.69, 9.17) is 5.73 Å². The zero-order valence-electron chi connectivity index (χ0n) is 9.03. The number of anilines is 1. The average molecular weight is 261 g/mol. The topological polar surface area (TPSA) is 101 Å². The average Bonchev–Trinajstić information content (AvgIpc) is 2.21. The zero-order chi connectivity index (χ0) is 13.1. The van der Waals surface area contributed by atoms with Crippen LogP contribution in [0.3, 0.4) is 0 Å². The van der Waals surface area contributed by atoms with Gasteiger partial charge in [0.15, 0.2) is 0 Å². The van der Waals surface area contributed by atoms with Crippen molar-refractivity contribution >= 4 is 21.7 Å². The molecule has 0 aliphatic carbocycles. The number of hydrogen-bond acceptors (Lipinski definition) is 4. The Hall–Kier alpha value is -1.83. The summed E-state index contributed by atoms with van der Waals surface area (Å²) in [7, 11) is -4.16. The molecule has 0 aliphatic rings. The van der Waals surface area contributed by atoms with Gasteiger partial charge < -0.3 is 11.1 Å². The van der Waals surface area contributed by atoms with E-state index >= 15 is 0 Å².